The molecule has 166 valence electrons. The van der Waals surface area contributed by atoms with Crippen molar-refractivity contribution in [3.05, 3.63) is 69.2 Å². The van der Waals surface area contributed by atoms with Crippen molar-refractivity contribution < 1.29 is 9.72 Å². The predicted molar refractivity (Wildman–Crippen MR) is 122 cm³/mol. The van der Waals surface area contributed by atoms with Crippen molar-refractivity contribution in [1.29, 1.82) is 0 Å². The number of hydrogen-bond donors (Lipinski definition) is 1. The molecule has 0 bridgehead atoms. The van der Waals surface area contributed by atoms with Gasteiger partial charge in [0.25, 0.3) is 5.69 Å². The number of carbonyl (C=O) groups excluding carboxylic acids is 1. The number of halogens is 2. The largest absolute Gasteiger partial charge is 0.363 e. The van der Waals surface area contributed by atoms with Gasteiger partial charge in [-0.05, 0) is 30.3 Å². The molecular weight excluding hydrogens is 457 g/mol. The number of amides is 1. The van der Waals surface area contributed by atoms with Gasteiger partial charge in [-0.25, -0.2) is 9.67 Å². The summed E-state index contributed by atoms with van der Waals surface area (Å²) in [5.41, 5.74) is 1.69. The predicted octanol–water partition coefficient (Wildman–Crippen LogP) is 3.24. The molecule has 1 aliphatic heterocycles. The number of benzene rings is 2. The Labute approximate surface area is 193 Å². The van der Waals surface area contributed by atoms with Crippen LogP contribution >= 0.6 is 23.2 Å². The van der Waals surface area contributed by atoms with E-state index in [9.17, 15) is 14.9 Å². The quantitative estimate of drug-likeness (QED) is 0.430. The van der Waals surface area contributed by atoms with E-state index in [2.05, 4.69) is 15.4 Å². The van der Waals surface area contributed by atoms with Gasteiger partial charge in [-0.2, -0.15) is 5.10 Å². The molecule has 0 atom stereocenters. The number of carbonyl (C=O) groups is 1. The first kappa shape index (κ1) is 22.0. The van der Waals surface area contributed by atoms with Crippen LogP contribution in [0, 0.1) is 10.1 Å². The first-order chi connectivity index (χ1) is 15.4. The van der Waals surface area contributed by atoms with Crippen LogP contribution in [0.15, 0.2) is 49.1 Å². The SMILES string of the molecule is O=C(CN1CCN(c2ccc(Cl)cc2[N+](=O)[O-])CC1)Nc1cc(Cl)ccc1-n1cncn1. The van der Waals surface area contributed by atoms with Gasteiger partial charge in [0.15, 0.2) is 0 Å². The number of rotatable bonds is 6. The first-order valence-electron chi connectivity index (χ1n) is 9.76. The number of hydrogen-bond acceptors (Lipinski definition) is 7. The van der Waals surface area contributed by atoms with Crippen molar-refractivity contribution in [3.63, 3.8) is 0 Å². The lowest BCUT2D eigenvalue weighted by atomic mass is 10.2. The second-order valence-electron chi connectivity index (χ2n) is 7.20. The Kier molecular flexibility index (Phi) is 6.54. The molecule has 0 unspecified atom stereocenters. The van der Waals surface area contributed by atoms with Crippen molar-refractivity contribution in [2.24, 2.45) is 0 Å². The highest BCUT2D eigenvalue weighted by atomic mass is 35.5. The summed E-state index contributed by atoms with van der Waals surface area (Å²) in [6, 6.07) is 9.78. The van der Waals surface area contributed by atoms with E-state index >= 15 is 0 Å². The van der Waals surface area contributed by atoms with Crippen molar-refractivity contribution >= 4 is 46.2 Å². The number of piperazine rings is 1. The number of aromatic nitrogens is 3. The Morgan fingerprint density at radius 1 is 1.06 bits per heavy atom. The molecular formula is C20H19Cl2N7O3. The molecule has 1 fully saturated rings. The normalized spacial score (nSPS) is 14.4. The lowest BCUT2D eigenvalue weighted by molar-refractivity contribution is -0.384. The van der Waals surface area contributed by atoms with Crippen molar-refractivity contribution in [2.45, 2.75) is 0 Å². The van der Waals surface area contributed by atoms with E-state index in [-0.39, 0.29) is 18.1 Å². The van der Waals surface area contributed by atoms with Gasteiger partial charge >= 0.3 is 0 Å². The van der Waals surface area contributed by atoms with Gasteiger partial charge in [0.2, 0.25) is 5.91 Å². The second kappa shape index (κ2) is 9.51. The molecule has 1 amide bonds. The summed E-state index contributed by atoms with van der Waals surface area (Å²) >= 11 is 12.0. The van der Waals surface area contributed by atoms with Crippen LogP contribution in [-0.4, -0.2) is 63.2 Å². The zero-order chi connectivity index (χ0) is 22.7. The molecule has 1 N–H and O–H groups in total. The minimum atomic E-state index is -0.432. The minimum absolute atomic E-state index is 0.0229. The van der Waals surface area contributed by atoms with E-state index in [1.807, 2.05) is 9.80 Å². The zero-order valence-corrected chi connectivity index (χ0v) is 18.3. The molecule has 2 heterocycles. The molecule has 1 saturated heterocycles. The second-order valence-corrected chi connectivity index (χ2v) is 8.08. The van der Waals surface area contributed by atoms with E-state index < -0.39 is 4.92 Å². The standard InChI is InChI=1S/C20H19Cl2N7O3/c21-14-1-3-17(28-13-23-12-24-28)16(9-14)25-20(30)11-26-5-7-27(8-6-26)18-4-2-15(22)10-19(18)29(31)32/h1-4,9-10,12-13H,5-8,11H2,(H,25,30). The monoisotopic (exact) mass is 475 g/mol. The van der Waals surface area contributed by atoms with Gasteiger partial charge < -0.3 is 10.2 Å². The van der Waals surface area contributed by atoms with E-state index in [4.69, 9.17) is 23.2 Å². The maximum absolute atomic E-state index is 12.7. The number of nitrogens with zero attached hydrogens (tertiary/aromatic N) is 6. The van der Waals surface area contributed by atoms with E-state index in [1.54, 1.807) is 35.0 Å². The van der Waals surface area contributed by atoms with Crippen molar-refractivity contribution in [1.82, 2.24) is 19.7 Å². The molecule has 3 aromatic rings. The smallest absolute Gasteiger partial charge is 0.294 e. The van der Waals surface area contributed by atoms with Crippen LogP contribution in [0.25, 0.3) is 5.69 Å². The summed E-state index contributed by atoms with van der Waals surface area (Å²) < 4.78 is 1.55. The van der Waals surface area contributed by atoms with Gasteiger partial charge in [-0.15, -0.1) is 0 Å². The van der Waals surface area contributed by atoms with Gasteiger partial charge in [-0.1, -0.05) is 23.2 Å². The van der Waals surface area contributed by atoms with Crippen molar-refractivity contribution in [2.75, 3.05) is 42.9 Å². The van der Waals surface area contributed by atoms with Crippen molar-refractivity contribution in [3.8, 4) is 5.69 Å². The third-order valence-electron chi connectivity index (χ3n) is 5.11. The van der Waals surface area contributed by atoms with E-state index in [0.29, 0.717) is 53.3 Å². The molecule has 12 heteroatoms. The topological polar surface area (TPSA) is 109 Å². The Morgan fingerprint density at radius 2 is 1.75 bits per heavy atom. The average Bonchev–Trinajstić information content (AvgIpc) is 3.29. The van der Waals surface area contributed by atoms with Crippen LogP contribution in [0.1, 0.15) is 0 Å². The van der Waals surface area contributed by atoms with Gasteiger partial charge in [0.1, 0.15) is 18.3 Å². The number of nitrogens with one attached hydrogen (secondary N) is 1. The molecule has 0 aliphatic carbocycles. The summed E-state index contributed by atoms with van der Waals surface area (Å²) in [5, 5.41) is 19.2. The van der Waals surface area contributed by atoms with Crippen LogP contribution in [0.2, 0.25) is 10.0 Å². The molecule has 32 heavy (non-hydrogen) atoms. The third-order valence-corrected chi connectivity index (χ3v) is 5.58. The minimum Gasteiger partial charge on any atom is -0.363 e. The third kappa shape index (κ3) is 4.98. The Bertz CT molecular complexity index is 1130. The maximum atomic E-state index is 12.7. The van der Waals surface area contributed by atoms with E-state index in [1.165, 1.54) is 18.7 Å². The number of nitro groups is 1. The van der Waals surface area contributed by atoms with Crippen LogP contribution in [0.5, 0.6) is 0 Å². The molecule has 0 saturated carbocycles. The summed E-state index contributed by atoms with van der Waals surface area (Å²) in [6.45, 7) is 2.45. The maximum Gasteiger partial charge on any atom is 0.294 e. The van der Waals surface area contributed by atoms with Gasteiger partial charge in [0, 0.05) is 42.3 Å². The fraction of sp³-hybridized carbons (Fsp3) is 0.250. The number of anilines is 2. The average molecular weight is 476 g/mol. The Morgan fingerprint density at radius 3 is 2.41 bits per heavy atom. The van der Waals surface area contributed by atoms with Crippen LogP contribution in [-0.2, 0) is 4.79 Å². The van der Waals surface area contributed by atoms with Crippen LogP contribution < -0.4 is 10.2 Å². The molecule has 1 aromatic heterocycles. The highest BCUT2D eigenvalue weighted by Gasteiger charge is 2.25. The fourth-order valence-corrected chi connectivity index (χ4v) is 3.93. The van der Waals surface area contributed by atoms with Crippen LogP contribution in [0.3, 0.4) is 0 Å². The lowest BCUT2D eigenvalue weighted by Gasteiger charge is -2.35. The molecule has 1 aliphatic rings. The molecule has 0 spiro atoms. The molecule has 10 nitrogen and oxygen atoms in total. The molecule has 0 radical (unpaired) electrons. The van der Waals surface area contributed by atoms with E-state index in [0.717, 1.165) is 0 Å². The summed E-state index contributed by atoms with van der Waals surface area (Å²) in [7, 11) is 0. The fourth-order valence-electron chi connectivity index (χ4n) is 3.59. The van der Waals surface area contributed by atoms with Gasteiger partial charge in [0.05, 0.1) is 22.8 Å². The zero-order valence-electron chi connectivity index (χ0n) is 16.8. The Hall–Kier alpha value is -3.21. The highest BCUT2D eigenvalue weighted by molar-refractivity contribution is 6.31. The first-order valence-corrected chi connectivity index (χ1v) is 10.5. The molecule has 2 aromatic carbocycles. The summed E-state index contributed by atoms with van der Waals surface area (Å²) in [4.78, 5) is 31.5. The summed E-state index contributed by atoms with van der Waals surface area (Å²) in [5.74, 6) is -0.195. The Balaban J connectivity index is 1.38. The van der Waals surface area contributed by atoms with Crippen LogP contribution in [0.4, 0.5) is 17.1 Å². The summed E-state index contributed by atoms with van der Waals surface area (Å²) in [6.07, 6.45) is 2.94. The number of nitro benzene ring substituents is 1. The lowest BCUT2D eigenvalue weighted by Crippen LogP contribution is -2.48. The highest BCUT2D eigenvalue weighted by Crippen LogP contribution is 2.31. The molecule has 4 rings (SSSR count). The van der Waals surface area contributed by atoms with Gasteiger partial charge in [-0.3, -0.25) is 19.8 Å².